The average molecular weight is 338 g/mol. The van der Waals surface area contributed by atoms with Crippen molar-refractivity contribution in [2.45, 2.75) is 12.5 Å². The largest absolute Gasteiger partial charge is 0.486 e. The minimum absolute atomic E-state index is 0.0488. The Morgan fingerprint density at radius 1 is 1.30 bits per heavy atom. The highest BCUT2D eigenvalue weighted by Crippen LogP contribution is 2.44. The second kappa shape index (κ2) is 5.18. The number of halogens is 3. The quantitative estimate of drug-likeness (QED) is 0.774. The van der Waals surface area contributed by atoms with Crippen molar-refractivity contribution < 1.29 is 23.1 Å². The van der Waals surface area contributed by atoms with Crippen LogP contribution in [-0.2, 0) is 6.42 Å². The Balaban J connectivity index is 1.98. The SMILES string of the molecule is OCC1Cc2c(c(Cl)cc3c(-c4c(F)cccc4F)noc23)O1. The number of hydrogen-bond acceptors (Lipinski definition) is 4. The van der Waals surface area contributed by atoms with E-state index < -0.39 is 17.7 Å². The van der Waals surface area contributed by atoms with E-state index in [9.17, 15) is 13.9 Å². The van der Waals surface area contributed by atoms with Crippen molar-refractivity contribution in [3.8, 4) is 17.0 Å². The van der Waals surface area contributed by atoms with Crippen LogP contribution in [0, 0.1) is 11.6 Å². The highest BCUT2D eigenvalue weighted by Gasteiger charge is 2.31. The van der Waals surface area contributed by atoms with Gasteiger partial charge in [-0.25, -0.2) is 8.78 Å². The normalized spacial score (nSPS) is 16.6. The van der Waals surface area contributed by atoms with Crippen molar-refractivity contribution >= 4 is 22.6 Å². The molecular weight excluding hydrogens is 328 g/mol. The van der Waals surface area contributed by atoms with Crippen LogP contribution in [0.5, 0.6) is 5.75 Å². The van der Waals surface area contributed by atoms with E-state index in [1.54, 1.807) is 0 Å². The smallest absolute Gasteiger partial charge is 0.174 e. The van der Waals surface area contributed by atoms with Crippen LogP contribution in [-0.4, -0.2) is 23.0 Å². The van der Waals surface area contributed by atoms with Crippen LogP contribution in [0.4, 0.5) is 8.78 Å². The fraction of sp³-hybridized carbons (Fsp3) is 0.188. The number of aromatic nitrogens is 1. The van der Waals surface area contributed by atoms with Gasteiger partial charge in [0.2, 0.25) is 0 Å². The molecule has 1 aromatic heterocycles. The van der Waals surface area contributed by atoms with Gasteiger partial charge in [0.15, 0.2) is 5.58 Å². The topological polar surface area (TPSA) is 55.5 Å². The summed E-state index contributed by atoms with van der Waals surface area (Å²) in [7, 11) is 0. The first-order valence-corrected chi connectivity index (χ1v) is 7.30. The van der Waals surface area contributed by atoms with Gasteiger partial charge in [0.25, 0.3) is 0 Å². The molecule has 1 atom stereocenters. The molecule has 0 spiro atoms. The molecule has 0 saturated carbocycles. The van der Waals surface area contributed by atoms with Gasteiger partial charge in [-0.05, 0) is 18.2 Å². The maximum atomic E-state index is 14.0. The van der Waals surface area contributed by atoms with Gasteiger partial charge in [-0.15, -0.1) is 0 Å². The van der Waals surface area contributed by atoms with E-state index >= 15 is 0 Å². The Bertz CT molecular complexity index is 905. The number of hydrogen-bond donors (Lipinski definition) is 1. The lowest BCUT2D eigenvalue weighted by Gasteiger charge is -2.06. The zero-order valence-corrected chi connectivity index (χ0v) is 12.4. The Hall–Kier alpha value is -2.18. The molecule has 7 heteroatoms. The van der Waals surface area contributed by atoms with Crippen molar-refractivity contribution in [1.82, 2.24) is 5.16 Å². The Morgan fingerprint density at radius 3 is 2.74 bits per heavy atom. The number of fused-ring (bicyclic) bond motifs is 3. The lowest BCUT2D eigenvalue weighted by Crippen LogP contribution is -2.17. The van der Waals surface area contributed by atoms with Gasteiger partial charge in [0.1, 0.15) is 29.2 Å². The van der Waals surface area contributed by atoms with Crippen molar-refractivity contribution in [1.29, 1.82) is 0 Å². The van der Waals surface area contributed by atoms with E-state index in [4.69, 9.17) is 20.9 Å². The minimum atomic E-state index is -0.735. The third-order valence-corrected chi connectivity index (χ3v) is 4.16. The van der Waals surface area contributed by atoms with Crippen molar-refractivity contribution in [3.05, 3.63) is 46.5 Å². The fourth-order valence-electron chi connectivity index (χ4n) is 2.84. The average Bonchev–Trinajstić information content (AvgIpc) is 3.12. The monoisotopic (exact) mass is 337 g/mol. The molecule has 0 fully saturated rings. The zero-order chi connectivity index (χ0) is 16.1. The van der Waals surface area contributed by atoms with Gasteiger partial charge < -0.3 is 14.4 Å². The van der Waals surface area contributed by atoms with Crippen LogP contribution in [0.15, 0.2) is 28.8 Å². The van der Waals surface area contributed by atoms with Crippen LogP contribution < -0.4 is 4.74 Å². The van der Waals surface area contributed by atoms with Gasteiger partial charge >= 0.3 is 0 Å². The van der Waals surface area contributed by atoms with Gasteiger partial charge in [-0.1, -0.05) is 22.8 Å². The third kappa shape index (κ3) is 2.09. The number of rotatable bonds is 2. The molecule has 1 aliphatic rings. The summed E-state index contributed by atoms with van der Waals surface area (Å²) in [6.07, 6.45) is -0.0380. The summed E-state index contributed by atoms with van der Waals surface area (Å²) >= 11 is 6.20. The summed E-state index contributed by atoms with van der Waals surface area (Å²) in [5.41, 5.74) is 0.785. The number of aliphatic hydroxyl groups is 1. The van der Waals surface area contributed by atoms with Crippen molar-refractivity contribution in [2.24, 2.45) is 0 Å². The molecule has 23 heavy (non-hydrogen) atoms. The lowest BCUT2D eigenvalue weighted by molar-refractivity contribution is 0.134. The molecule has 2 aromatic carbocycles. The first-order valence-electron chi connectivity index (χ1n) is 6.92. The molecule has 4 rings (SSSR count). The van der Waals surface area contributed by atoms with Crippen LogP contribution in [0.25, 0.3) is 22.2 Å². The van der Waals surface area contributed by atoms with E-state index in [1.807, 2.05) is 0 Å². The minimum Gasteiger partial charge on any atom is -0.486 e. The maximum Gasteiger partial charge on any atom is 0.174 e. The zero-order valence-electron chi connectivity index (χ0n) is 11.6. The molecule has 1 N–H and O–H groups in total. The molecule has 0 aliphatic carbocycles. The van der Waals surface area contributed by atoms with Crippen LogP contribution >= 0.6 is 11.6 Å². The number of aliphatic hydroxyl groups excluding tert-OH is 1. The summed E-state index contributed by atoms with van der Waals surface area (Å²) in [4.78, 5) is 0. The molecule has 3 aromatic rings. The van der Waals surface area contributed by atoms with Gasteiger partial charge in [-0.2, -0.15) is 0 Å². The summed E-state index contributed by atoms with van der Waals surface area (Å²) in [5.74, 6) is -1.06. The molecule has 1 unspecified atom stereocenters. The second-order valence-corrected chi connectivity index (χ2v) is 5.70. The molecule has 1 aliphatic heterocycles. The molecule has 4 nitrogen and oxygen atoms in total. The highest BCUT2D eigenvalue weighted by molar-refractivity contribution is 6.33. The fourth-order valence-corrected chi connectivity index (χ4v) is 3.11. The Labute approximate surface area is 134 Å². The van der Waals surface area contributed by atoms with E-state index in [-0.39, 0.29) is 22.9 Å². The molecule has 0 amide bonds. The summed E-state index contributed by atoms with van der Waals surface area (Å²) in [6, 6.07) is 5.09. The number of nitrogens with zero attached hydrogens (tertiary/aromatic N) is 1. The number of benzene rings is 2. The van der Waals surface area contributed by atoms with Crippen molar-refractivity contribution in [2.75, 3.05) is 6.61 Å². The van der Waals surface area contributed by atoms with E-state index in [0.717, 1.165) is 12.1 Å². The summed E-state index contributed by atoms with van der Waals surface area (Å²) < 4.78 is 38.9. The number of ether oxygens (including phenoxy) is 1. The van der Waals surface area contributed by atoms with E-state index in [0.29, 0.717) is 28.7 Å². The Kier molecular flexibility index (Phi) is 3.25. The lowest BCUT2D eigenvalue weighted by atomic mass is 10.0. The van der Waals surface area contributed by atoms with Gasteiger partial charge in [0, 0.05) is 12.0 Å². The van der Waals surface area contributed by atoms with Crippen LogP contribution in [0.3, 0.4) is 0 Å². The second-order valence-electron chi connectivity index (χ2n) is 5.30. The van der Waals surface area contributed by atoms with Crippen LogP contribution in [0.1, 0.15) is 5.56 Å². The molecule has 0 saturated heterocycles. The molecule has 2 heterocycles. The predicted molar refractivity (Wildman–Crippen MR) is 79.6 cm³/mol. The third-order valence-electron chi connectivity index (χ3n) is 3.88. The first-order chi connectivity index (χ1) is 11.1. The highest BCUT2D eigenvalue weighted by atomic mass is 35.5. The molecule has 0 radical (unpaired) electrons. The maximum absolute atomic E-state index is 14.0. The van der Waals surface area contributed by atoms with Crippen LogP contribution in [0.2, 0.25) is 5.02 Å². The molecular formula is C16H10ClF2NO3. The van der Waals surface area contributed by atoms with Gasteiger partial charge in [-0.3, -0.25) is 0 Å². The predicted octanol–water partition coefficient (Wildman–Crippen LogP) is 3.72. The standard InChI is InChI=1S/C16H10ClF2NO3/c17-10-5-8-14(13-11(18)2-1-3-12(13)19)20-23-15(8)9-4-7(6-21)22-16(9)10/h1-3,5,7,21H,4,6H2. The van der Waals surface area contributed by atoms with E-state index in [1.165, 1.54) is 12.1 Å². The summed E-state index contributed by atoms with van der Waals surface area (Å²) in [5, 5.41) is 13.8. The Morgan fingerprint density at radius 2 is 2.04 bits per heavy atom. The first kappa shape index (κ1) is 14.4. The molecule has 118 valence electrons. The van der Waals surface area contributed by atoms with E-state index in [2.05, 4.69) is 5.16 Å². The van der Waals surface area contributed by atoms with Gasteiger partial charge in [0.05, 0.1) is 22.6 Å². The molecule has 0 bridgehead atoms. The van der Waals surface area contributed by atoms with Crippen molar-refractivity contribution in [3.63, 3.8) is 0 Å². The summed E-state index contributed by atoms with van der Waals surface area (Å²) in [6.45, 7) is -0.171.